The maximum atomic E-state index is 12.5. The maximum absolute atomic E-state index is 12.5. The van der Waals surface area contributed by atoms with Crippen LogP contribution in [0, 0.1) is 0 Å². The summed E-state index contributed by atoms with van der Waals surface area (Å²) in [5, 5.41) is 23.3. The molecule has 0 radical (unpaired) electrons. The molecule has 0 saturated heterocycles. The minimum atomic E-state index is -0.664. The predicted octanol–water partition coefficient (Wildman–Crippen LogP) is 19.1. The fourth-order valence-electron chi connectivity index (χ4n) is 9.94. The molecule has 0 aliphatic heterocycles. The molecule has 0 aliphatic carbocycles. The molecule has 0 aliphatic rings. The van der Waals surface area contributed by atoms with Crippen LogP contribution >= 0.6 is 0 Å². The summed E-state index contributed by atoms with van der Waals surface area (Å²) >= 11 is 0. The third-order valence-corrected chi connectivity index (χ3v) is 14.7. The summed E-state index contributed by atoms with van der Waals surface area (Å²) in [4.78, 5) is 24.5. The number of aliphatic hydroxyl groups excluding tert-OH is 2. The van der Waals surface area contributed by atoms with Crippen molar-refractivity contribution in [3.8, 4) is 0 Å². The lowest BCUT2D eigenvalue weighted by Crippen LogP contribution is -2.45. The van der Waals surface area contributed by atoms with Crippen molar-refractivity contribution < 1.29 is 24.5 Å². The number of nitrogens with one attached hydrogen (secondary N) is 1. The molecule has 2 unspecified atom stereocenters. The van der Waals surface area contributed by atoms with E-state index >= 15 is 0 Å². The molecule has 0 aromatic heterocycles. The fourth-order valence-corrected chi connectivity index (χ4v) is 9.94. The monoisotopic (exact) mass is 948 g/mol. The van der Waals surface area contributed by atoms with Crippen LogP contribution in [0.1, 0.15) is 354 Å². The molecule has 1 amide bonds. The normalized spacial score (nSPS) is 12.5. The average Bonchev–Trinajstić information content (AvgIpc) is 3.33. The lowest BCUT2D eigenvalue weighted by atomic mass is 10.0. The number of unbranched alkanes of at least 4 members (excludes halogenated alkanes) is 47. The highest BCUT2D eigenvalue weighted by atomic mass is 16.5. The molecular formula is C61H121NO5. The Hall–Kier alpha value is -1.14. The Morgan fingerprint density at radius 1 is 0.358 bits per heavy atom. The molecule has 0 rings (SSSR count). The van der Waals surface area contributed by atoms with Crippen molar-refractivity contribution in [3.63, 3.8) is 0 Å². The van der Waals surface area contributed by atoms with Crippen LogP contribution in [0.2, 0.25) is 0 Å². The van der Waals surface area contributed by atoms with Gasteiger partial charge in [-0.3, -0.25) is 9.59 Å². The van der Waals surface area contributed by atoms with Gasteiger partial charge in [0.15, 0.2) is 0 Å². The number of hydrogen-bond acceptors (Lipinski definition) is 5. The molecule has 67 heavy (non-hydrogen) atoms. The smallest absolute Gasteiger partial charge is 0.305 e. The average molecular weight is 949 g/mol. The van der Waals surface area contributed by atoms with Crippen molar-refractivity contribution in [2.45, 2.75) is 366 Å². The first-order valence-electron chi connectivity index (χ1n) is 30.8. The molecule has 3 N–H and O–H groups in total. The third kappa shape index (κ3) is 54.0. The summed E-state index contributed by atoms with van der Waals surface area (Å²) in [6.45, 7) is 4.98. The van der Waals surface area contributed by atoms with Crippen LogP contribution in [-0.2, 0) is 14.3 Å². The van der Waals surface area contributed by atoms with Gasteiger partial charge in [0.2, 0.25) is 5.91 Å². The maximum Gasteiger partial charge on any atom is 0.305 e. The zero-order valence-electron chi connectivity index (χ0n) is 45.7. The SMILES string of the molecule is CCCCCCCCCCCCCCCCCCC(O)C(CO)NC(=O)CCCCCCCCCCCCCCCCCCCCCCOC(=O)CCCCCCCCCCCCCCCC. The van der Waals surface area contributed by atoms with Crippen LogP contribution in [0.4, 0.5) is 0 Å². The molecular weight excluding hydrogens is 827 g/mol. The molecule has 6 nitrogen and oxygen atoms in total. The van der Waals surface area contributed by atoms with Crippen LogP contribution in [0.3, 0.4) is 0 Å². The summed E-state index contributed by atoms with van der Waals surface area (Å²) in [5.74, 6) is -0.0194. The van der Waals surface area contributed by atoms with Gasteiger partial charge in [0, 0.05) is 12.8 Å². The van der Waals surface area contributed by atoms with Gasteiger partial charge < -0.3 is 20.3 Å². The van der Waals surface area contributed by atoms with Gasteiger partial charge in [0.1, 0.15) is 0 Å². The molecule has 6 heteroatoms. The van der Waals surface area contributed by atoms with Gasteiger partial charge in [-0.05, 0) is 25.7 Å². The van der Waals surface area contributed by atoms with Crippen molar-refractivity contribution in [1.82, 2.24) is 5.32 Å². The van der Waals surface area contributed by atoms with Gasteiger partial charge >= 0.3 is 5.97 Å². The first kappa shape index (κ1) is 65.9. The molecule has 0 aromatic rings. The summed E-state index contributed by atoms with van der Waals surface area (Å²) in [7, 11) is 0. The second-order valence-corrected chi connectivity index (χ2v) is 21.4. The quantitative estimate of drug-likeness (QED) is 0.0417. The van der Waals surface area contributed by atoms with Crippen LogP contribution in [0.5, 0.6) is 0 Å². The van der Waals surface area contributed by atoms with Gasteiger partial charge in [-0.2, -0.15) is 0 Å². The Balaban J connectivity index is 3.37. The Labute approximate surface area is 419 Å². The van der Waals surface area contributed by atoms with E-state index in [-0.39, 0.29) is 18.5 Å². The van der Waals surface area contributed by atoms with Crippen LogP contribution < -0.4 is 5.32 Å². The lowest BCUT2D eigenvalue weighted by Gasteiger charge is -2.22. The summed E-state index contributed by atoms with van der Waals surface area (Å²) in [6, 6.07) is -0.541. The van der Waals surface area contributed by atoms with E-state index in [1.54, 1.807) is 0 Å². The van der Waals surface area contributed by atoms with E-state index in [1.165, 1.54) is 283 Å². The Morgan fingerprint density at radius 2 is 0.612 bits per heavy atom. The summed E-state index contributed by atoms with van der Waals surface area (Å²) in [5.41, 5.74) is 0. The van der Waals surface area contributed by atoms with Crippen molar-refractivity contribution in [3.05, 3.63) is 0 Å². The number of amides is 1. The standard InChI is InChI=1S/C61H121NO5/c1-3-5-7-9-11-13-15-17-19-26-29-33-37-41-45-49-53-59(64)58(57-63)62-60(65)54-50-46-42-38-34-30-27-24-22-20-21-23-25-28-32-36-40-44-48-52-56-67-61(66)55-51-47-43-39-35-31-18-16-14-12-10-8-6-4-2/h58-59,63-64H,3-57H2,1-2H3,(H,62,65). The van der Waals surface area contributed by atoms with E-state index in [4.69, 9.17) is 4.74 Å². The molecule has 0 heterocycles. The van der Waals surface area contributed by atoms with E-state index in [2.05, 4.69) is 19.2 Å². The second kappa shape index (κ2) is 57.4. The molecule has 0 saturated carbocycles. The Bertz CT molecular complexity index is 959. The van der Waals surface area contributed by atoms with E-state index in [1.807, 2.05) is 0 Å². The number of hydrogen-bond donors (Lipinski definition) is 3. The first-order valence-corrected chi connectivity index (χ1v) is 30.8. The highest BCUT2D eigenvalue weighted by molar-refractivity contribution is 5.76. The van der Waals surface area contributed by atoms with Gasteiger partial charge in [0.05, 0.1) is 25.4 Å². The Morgan fingerprint density at radius 3 is 0.910 bits per heavy atom. The number of aliphatic hydroxyl groups is 2. The minimum absolute atomic E-state index is 0.0140. The summed E-state index contributed by atoms with van der Waals surface area (Å²) in [6.07, 6.45) is 66.7. The third-order valence-electron chi connectivity index (χ3n) is 14.7. The van der Waals surface area contributed by atoms with Crippen LogP contribution in [0.25, 0.3) is 0 Å². The van der Waals surface area contributed by atoms with Crippen molar-refractivity contribution >= 4 is 11.9 Å². The predicted molar refractivity (Wildman–Crippen MR) is 292 cm³/mol. The van der Waals surface area contributed by atoms with Crippen LogP contribution in [-0.4, -0.2) is 47.4 Å². The van der Waals surface area contributed by atoms with Gasteiger partial charge in [-0.1, -0.05) is 316 Å². The van der Waals surface area contributed by atoms with Crippen molar-refractivity contribution in [2.24, 2.45) is 0 Å². The number of ether oxygens (including phenoxy) is 1. The number of carbonyl (C=O) groups is 2. The van der Waals surface area contributed by atoms with Gasteiger partial charge in [-0.15, -0.1) is 0 Å². The number of rotatable bonds is 58. The highest BCUT2D eigenvalue weighted by Crippen LogP contribution is 2.18. The topological polar surface area (TPSA) is 95.9 Å². The second-order valence-electron chi connectivity index (χ2n) is 21.4. The molecule has 0 bridgehead atoms. The number of esters is 1. The minimum Gasteiger partial charge on any atom is -0.466 e. The number of carbonyl (C=O) groups excluding carboxylic acids is 2. The van der Waals surface area contributed by atoms with E-state index in [9.17, 15) is 19.8 Å². The molecule has 2 atom stereocenters. The van der Waals surface area contributed by atoms with Gasteiger partial charge in [0.25, 0.3) is 0 Å². The van der Waals surface area contributed by atoms with E-state index < -0.39 is 12.1 Å². The molecule has 400 valence electrons. The highest BCUT2D eigenvalue weighted by Gasteiger charge is 2.20. The molecule has 0 aromatic carbocycles. The first-order chi connectivity index (χ1) is 33.0. The van der Waals surface area contributed by atoms with Crippen molar-refractivity contribution in [1.29, 1.82) is 0 Å². The fraction of sp³-hybridized carbons (Fsp3) is 0.967. The molecule has 0 spiro atoms. The van der Waals surface area contributed by atoms with Gasteiger partial charge in [-0.25, -0.2) is 0 Å². The lowest BCUT2D eigenvalue weighted by molar-refractivity contribution is -0.143. The Kier molecular flexibility index (Phi) is 56.5. The molecule has 0 fully saturated rings. The van der Waals surface area contributed by atoms with Crippen LogP contribution in [0.15, 0.2) is 0 Å². The zero-order valence-corrected chi connectivity index (χ0v) is 45.7. The van der Waals surface area contributed by atoms with Crippen molar-refractivity contribution in [2.75, 3.05) is 13.2 Å². The largest absolute Gasteiger partial charge is 0.466 e. The summed E-state index contributed by atoms with van der Waals surface area (Å²) < 4.78 is 5.48. The van der Waals surface area contributed by atoms with E-state index in [0.29, 0.717) is 25.9 Å². The van der Waals surface area contributed by atoms with E-state index in [0.717, 1.165) is 38.5 Å². The zero-order chi connectivity index (χ0) is 48.6.